The summed E-state index contributed by atoms with van der Waals surface area (Å²) in [6, 6.07) is 0.658. The van der Waals surface area contributed by atoms with Gasteiger partial charge in [-0.3, -0.25) is 4.99 Å². The molecule has 0 spiro atoms. The summed E-state index contributed by atoms with van der Waals surface area (Å²) in [6.07, 6.45) is 5.32. The molecule has 78 valence electrons. The number of nitrogens with one attached hydrogen (secondary N) is 1. The third-order valence-electron chi connectivity index (χ3n) is 2.32. The second kappa shape index (κ2) is 6.45. The van der Waals surface area contributed by atoms with Gasteiger partial charge in [-0.2, -0.15) is 0 Å². The Balaban J connectivity index is 0.00000144. The smallest absolute Gasteiger partial charge is 0.193 e. The van der Waals surface area contributed by atoms with Gasteiger partial charge in [-0.05, 0) is 12.8 Å². The lowest BCUT2D eigenvalue weighted by atomic mass is 10.2. The molecule has 1 saturated carbocycles. The number of guanidine groups is 1. The van der Waals surface area contributed by atoms with Crippen LogP contribution < -0.4 is 5.32 Å². The molecular weight excluding hydrogens is 277 g/mol. The van der Waals surface area contributed by atoms with Crippen LogP contribution in [0, 0.1) is 0 Å². The lowest BCUT2D eigenvalue weighted by Crippen LogP contribution is -2.41. The molecule has 0 aromatic heterocycles. The minimum atomic E-state index is 0. The third kappa shape index (κ3) is 4.15. The summed E-state index contributed by atoms with van der Waals surface area (Å²) in [6.45, 7) is 0. The van der Waals surface area contributed by atoms with Crippen LogP contribution in [0.2, 0.25) is 0 Å². The summed E-state index contributed by atoms with van der Waals surface area (Å²) < 4.78 is 0. The highest BCUT2D eigenvalue weighted by Crippen LogP contribution is 2.17. The molecule has 13 heavy (non-hydrogen) atoms. The molecule has 1 aliphatic carbocycles. The van der Waals surface area contributed by atoms with E-state index in [0.29, 0.717) is 6.04 Å². The zero-order valence-electron chi connectivity index (χ0n) is 8.71. The SMILES string of the molecule is CN=C(NC1CCCC1)N(C)C.I. The summed E-state index contributed by atoms with van der Waals surface area (Å²) in [7, 11) is 5.87. The first-order valence-corrected chi connectivity index (χ1v) is 4.64. The first-order valence-electron chi connectivity index (χ1n) is 4.64. The van der Waals surface area contributed by atoms with Crippen LogP contribution in [0.15, 0.2) is 4.99 Å². The van der Waals surface area contributed by atoms with E-state index in [4.69, 9.17) is 0 Å². The van der Waals surface area contributed by atoms with Gasteiger partial charge in [0.15, 0.2) is 5.96 Å². The number of halogens is 1. The van der Waals surface area contributed by atoms with Gasteiger partial charge in [-0.15, -0.1) is 24.0 Å². The fourth-order valence-electron chi connectivity index (χ4n) is 1.65. The van der Waals surface area contributed by atoms with Crippen molar-refractivity contribution in [2.75, 3.05) is 21.1 Å². The molecule has 1 rings (SSSR count). The molecule has 4 heteroatoms. The summed E-state index contributed by atoms with van der Waals surface area (Å²) in [5.74, 6) is 1.00. The highest BCUT2D eigenvalue weighted by atomic mass is 127. The minimum absolute atomic E-state index is 0. The van der Waals surface area contributed by atoms with Crippen molar-refractivity contribution in [3.8, 4) is 0 Å². The number of rotatable bonds is 1. The van der Waals surface area contributed by atoms with E-state index in [1.165, 1.54) is 25.7 Å². The molecule has 1 aliphatic rings. The van der Waals surface area contributed by atoms with E-state index in [1.807, 2.05) is 26.0 Å². The van der Waals surface area contributed by atoms with Crippen molar-refractivity contribution < 1.29 is 0 Å². The number of hydrogen-bond acceptors (Lipinski definition) is 1. The summed E-state index contributed by atoms with van der Waals surface area (Å²) in [5, 5.41) is 3.44. The first-order chi connectivity index (χ1) is 5.74. The van der Waals surface area contributed by atoms with Crippen LogP contribution in [0.25, 0.3) is 0 Å². The molecular formula is C9H20IN3. The van der Waals surface area contributed by atoms with Crippen molar-refractivity contribution in [2.45, 2.75) is 31.7 Å². The van der Waals surface area contributed by atoms with E-state index in [2.05, 4.69) is 10.3 Å². The molecule has 0 saturated heterocycles. The standard InChI is InChI=1S/C9H19N3.HI/c1-10-9(12(2)3)11-8-6-4-5-7-8;/h8H,4-7H2,1-3H3,(H,10,11);1H. The summed E-state index contributed by atoms with van der Waals surface area (Å²) >= 11 is 0. The maximum absolute atomic E-state index is 4.18. The van der Waals surface area contributed by atoms with Crippen LogP contribution in [-0.2, 0) is 0 Å². The van der Waals surface area contributed by atoms with Crippen molar-refractivity contribution in [1.29, 1.82) is 0 Å². The van der Waals surface area contributed by atoms with E-state index < -0.39 is 0 Å². The van der Waals surface area contributed by atoms with Crippen molar-refractivity contribution in [3.05, 3.63) is 0 Å². The van der Waals surface area contributed by atoms with Crippen LogP contribution in [0.4, 0.5) is 0 Å². The number of nitrogens with zero attached hydrogens (tertiary/aromatic N) is 2. The molecule has 1 fully saturated rings. The fourth-order valence-corrected chi connectivity index (χ4v) is 1.65. The van der Waals surface area contributed by atoms with Crippen molar-refractivity contribution in [1.82, 2.24) is 10.2 Å². The van der Waals surface area contributed by atoms with E-state index in [9.17, 15) is 0 Å². The van der Waals surface area contributed by atoms with Gasteiger partial charge in [-0.25, -0.2) is 0 Å². The van der Waals surface area contributed by atoms with Gasteiger partial charge in [0.05, 0.1) is 0 Å². The highest BCUT2D eigenvalue weighted by molar-refractivity contribution is 14.0. The number of hydrogen-bond donors (Lipinski definition) is 1. The third-order valence-corrected chi connectivity index (χ3v) is 2.32. The van der Waals surface area contributed by atoms with Gasteiger partial charge < -0.3 is 10.2 Å². The van der Waals surface area contributed by atoms with Crippen molar-refractivity contribution in [3.63, 3.8) is 0 Å². The Hall–Kier alpha value is 0. The van der Waals surface area contributed by atoms with E-state index in [-0.39, 0.29) is 24.0 Å². The maximum atomic E-state index is 4.18. The Morgan fingerprint density at radius 1 is 1.31 bits per heavy atom. The lowest BCUT2D eigenvalue weighted by Gasteiger charge is -2.20. The Bertz CT molecular complexity index is 162. The Labute approximate surface area is 98.0 Å². The van der Waals surface area contributed by atoms with Crippen LogP contribution >= 0.6 is 24.0 Å². The van der Waals surface area contributed by atoms with Gasteiger partial charge >= 0.3 is 0 Å². The Morgan fingerprint density at radius 2 is 1.85 bits per heavy atom. The molecule has 0 aliphatic heterocycles. The molecule has 0 unspecified atom stereocenters. The maximum Gasteiger partial charge on any atom is 0.193 e. The zero-order chi connectivity index (χ0) is 8.97. The lowest BCUT2D eigenvalue weighted by molar-refractivity contribution is 0.535. The van der Waals surface area contributed by atoms with E-state index in [0.717, 1.165) is 5.96 Å². The van der Waals surface area contributed by atoms with Gasteiger partial charge in [0.1, 0.15) is 0 Å². The molecule has 0 heterocycles. The Kier molecular flexibility index (Phi) is 6.45. The van der Waals surface area contributed by atoms with Crippen LogP contribution in [0.3, 0.4) is 0 Å². The average molecular weight is 297 g/mol. The largest absolute Gasteiger partial charge is 0.354 e. The summed E-state index contributed by atoms with van der Waals surface area (Å²) in [4.78, 5) is 6.21. The van der Waals surface area contributed by atoms with Gasteiger partial charge in [0.2, 0.25) is 0 Å². The van der Waals surface area contributed by atoms with Crippen molar-refractivity contribution >= 4 is 29.9 Å². The van der Waals surface area contributed by atoms with Gasteiger partial charge in [-0.1, -0.05) is 12.8 Å². The van der Waals surface area contributed by atoms with Crippen molar-refractivity contribution in [2.24, 2.45) is 4.99 Å². The number of aliphatic imine (C=N–C) groups is 1. The van der Waals surface area contributed by atoms with E-state index in [1.54, 1.807) is 0 Å². The first kappa shape index (κ1) is 13.0. The summed E-state index contributed by atoms with van der Waals surface area (Å²) in [5.41, 5.74) is 0. The molecule has 0 amide bonds. The molecule has 1 N–H and O–H groups in total. The minimum Gasteiger partial charge on any atom is -0.354 e. The molecule has 0 aromatic carbocycles. The van der Waals surface area contributed by atoms with Crippen LogP contribution in [0.5, 0.6) is 0 Å². The fraction of sp³-hybridized carbons (Fsp3) is 0.889. The Morgan fingerprint density at radius 3 is 2.23 bits per heavy atom. The second-order valence-corrected chi connectivity index (χ2v) is 3.57. The molecule has 0 aromatic rings. The molecule has 0 atom stereocenters. The normalized spacial score (nSPS) is 18.2. The zero-order valence-corrected chi connectivity index (χ0v) is 11.0. The molecule has 0 bridgehead atoms. The predicted molar refractivity (Wildman–Crippen MR) is 67.9 cm³/mol. The van der Waals surface area contributed by atoms with Crippen LogP contribution in [-0.4, -0.2) is 38.0 Å². The van der Waals surface area contributed by atoms with Gasteiger partial charge in [0.25, 0.3) is 0 Å². The average Bonchev–Trinajstić information content (AvgIpc) is 2.51. The van der Waals surface area contributed by atoms with Gasteiger partial charge in [0, 0.05) is 27.2 Å². The predicted octanol–water partition coefficient (Wildman–Crippen LogP) is 1.68. The topological polar surface area (TPSA) is 27.6 Å². The molecule has 0 radical (unpaired) electrons. The quantitative estimate of drug-likeness (QED) is 0.453. The monoisotopic (exact) mass is 297 g/mol. The van der Waals surface area contributed by atoms with Crippen LogP contribution in [0.1, 0.15) is 25.7 Å². The highest BCUT2D eigenvalue weighted by Gasteiger charge is 2.16. The molecule has 3 nitrogen and oxygen atoms in total. The second-order valence-electron chi connectivity index (χ2n) is 3.57. The van der Waals surface area contributed by atoms with E-state index >= 15 is 0 Å².